The van der Waals surface area contributed by atoms with E-state index in [0.717, 1.165) is 5.56 Å². The van der Waals surface area contributed by atoms with E-state index in [2.05, 4.69) is 10.6 Å². The number of non-ortho nitro benzene ring substituents is 1. The molecule has 1 unspecified atom stereocenters. The first-order valence-corrected chi connectivity index (χ1v) is 9.13. The second-order valence-corrected chi connectivity index (χ2v) is 7.08. The third-order valence-corrected chi connectivity index (χ3v) is 5.16. The Hall–Kier alpha value is -2.97. The molecule has 1 aliphatic rings. The lowest BCUT2D eigenvalue weighted by atomic mass is 9.94. The molecule has 0 saturated heterocycles. The highest BCUT2D eigenvalue weighted by Crippen LogP contribution is 2.31. The molecule has 1 atom stereocenters. The first-order chi connectivity index (χ1) is 13.3. The fraction of sp³-hybridized carbons (Fsp3) is 0.158. The van der Waals surface area contributed by atoms with Crippen LogP contribution in [0.15, 0.2) is 59.8 Å². The normalized spacial score (nSPS) is 16.6. The largest absolute Gasteiger partial charge is 0.351 e. The summed E-state index contributed by atoms with van der Waals surface area (Å²) in [6.07, 6.45) is 0. The van der Waals surface area contributed by atoms with Crippen molar-refractivity contribution in [3.8, 4) is 0 Å². The Morgan fingerprint density at radius 3 is 2.61 bits per heavy atom. The number of rotatable bonds is 4. The summed E-state index contributed by atoms with van der Waals surface area (Å²) in [5, 5.41) is 18.0. The van der Waals surface area contributed by atoms with Crippen LogP contribution in [0, 0.1) is 10.1 Å². The smallest absolute Gasteiger partial charge is 0.271 e. The van der Waals surface area contributed by atoms with Gasteiger partial charge in [-0.15, -0.1) is 0 Å². The van der Waals surface area contributed by atoms with E-state index in [4.69, 9.17) is 23.8 Å². The molecule has 9 heteroatoms. The van der Waals surface area contributed by atoms with Crippen molar-refractivity contribution in [1.82, 2.24) is 10.2 Å². The Bertz CT molecular complexity index is 991. The number of anilines is 1. The van der Waals surface area contributed by atoms with Gasteiger partial charge < -0.3 is 15.5 Å². The Kier molecular flexibility index (Phi) is 5.62. The summed E-state index contributed by atoms with van der Waals surface area (Å²) in [6.45, 7) is 1.80. The number of nitrogens with zero attached hydrogens (tertiary/aromatic N) is 2. The number of nitrogens with one attached hydrogen (secondary N) is 2. The van der Waals surface area contributed by atoms with Crippen molar-refractivity contribution in [2.45, 2.75) is 13.0 Å². The van der Waals surface area contributed by atoms with Crippen LogP contribution in [0.4, 0.5) is 11.4 Å². The molecule has 144 valence electrons. The lowest BCUT2D eigenvalue weighted by Gasteiger charge is -2.35. The molecule has 7 nitrogen and oxygen atoms in total. The zero-order valence-electron chi connectivity index (χ0n) is 15.1. The van der Waals surface area contributed by atoms with Gasteiger partial charge in [0.05, 0.1) is 16.5 Å². The Balaban J connectivity index is 1.98. The molecule has 0 spiro atoms. The number of amides is 1. The highest BCUT2D eigenvalue weighted by molar-refractivity contribution is 7.80. The highest BCUT2D eigenvalue weighted by Gasteiger charge is 2.32. The second kappa shape index (κ2) is 7.95. The summed E-state index contributed by atoms with van der Waals surface area (Å²) in [4.78, 5) is 25.3. The van der Waals surface area contributed by atoms with Gasteiger partial charge in [0.15, 0.2) is 5.11 Å². The van der Waals surface area contributed by atoms with Crippen LogP contribution < -0.4 is 10.6 Å². The molecule has 2 aromatic carbocycles. The zero-order valence-corrected chi connectivity index (χ0v) is 16.7. The van der Waals surface area contributed by atoms with E-state index in [-0.39, 0.29) is 11.6 Å². The van der Waals surface area contributed by atoms with Crippen LogP contribution >= 0.6 is 23.8 Å². The van der Waals surface area contributed by atoms with Crippen molar-refractivity contribution >= 4 is 46.2 Å². The van der Waals surface area contributed by atoms with Gasteiger partial charge in [-0.25, -0.2) is 0 Å². The molecule has 28 heavy (non-hydrogen) atoms. The Morgan fingerprint density at radius 2 is 1.96 bits per heavy atom. The summed E-state index contributed by atoms with van der Waals surface area (Å²) < 4.78 is 0. The number of carbonyl (C=O) groups is 1. The fourth-order valence-electron chi connectivity index (χ4n) is 2.93. The summed E-state index contributed by atoms with van der Waals surface area (Å²) in [5.41, 5.74) is 2.21. The van der Waals surface area contributed by atoms with Crippen LogP contribution in [0.25, 0.3) is 0 Å². The molecular weight excluding hydrogens is 400 g/mol. The molecule has 0 aromatic heterocycles. The molecule has 2 N–H and O–H groups in total. The van der Waals surface area contributed by atoms with Gasteiger partial charge >= 0.3 is 0 Å². The van der Waals surface area contributed by atoms with Gasteiger partial charge in [0.1, 0.15) is 0 Å². The first-order valence-electron chi connectivity index (χ1n) is 8.34. The summed E-state index contributed by atoms with van der Waals surface area (Å²) in [7, 11) is 1.77. The number of nitro benzene ring substituents is 1. The van der Waals surface area contributed by atoms with Crippen LogP contribution in [-0.2, 0) is 4.79 Å². The molecule has 3 rings (SSSR count). The highest BCUT2D eigenvalue weighted by atomic mass is 35.5. The minimum absolute atomic E-state index is 0.0992. The van der Waals surface area contributed by atoms with E-state index in [1.807, 2.05) is 12.1 Å². The van der Waals surface area contributed by atoms with Crippen LogP contribution in [0.2, 0.25) is 5.02 Å². The molecule has 1 heterocycles. The third-order valence-electron chi connectivity index (χ3n) is 4.52. The van der Waals surface area contributed by atoms with Gasteiger partial charge in [-0.1, -0.05) is 29.8 Å². The summed E-state index contributed by atoms with van der Waals surface area (Å²) in [5.74, 6) is -0.375. The van der Waals surface area contributed by atoms with Gasteiger partial charge in [-0.2, -0.15) is 0 Å². The molecule has 0 bridgehead atoms. The minimum atomic E-state index is -0.509. The van der Waals surface area contributed by atoms with Gasteiger partial charge in [0.25, 0.3) is 11.6 Å². The molecule has 0 radical (unpaired) electrons. The average Bonchev–Trinajstić information content (AvgIpc) is 2.66. The maximum atomic E-state index is 13.1. The lowest BCUT2D eigenvalue weighted by Crippen LogP contribution is -2.46. The number of benzene rings is 2. The maximum Gasteiger partial charge on any atom is 0.271 e. The van der Waals surface area contributed by atoms with Crippen LogP contribution in [0.5, 0.6) is 0 Å². The van der Waals surface area contributed by atoms with E-state index in [9.17, 15) is 14.9 Å². The van der Waals surface area contributed by atoms with Gasteiger partial charge in [0, 0.05) is 35.6 Å². The fourth-order valence-corrected chi connectivity index (χ4v) is 3.31. The molecule has 0 saturated carbocycles. The van der Waals surface area contributed by atoms with Crippen molar-refractivity contribution in [3.63, 3.8) is 0 Å². The maximum absolute atomic E-state index is 13.1. The van der Waals surface area contributed by atoms with Crippen molar-refractivity contribution < 1.29 is 9.72 Å². The Morgan fingerprint density at radius 1 is 1.29 bits per heavy atom. The third kappa shape index (κ3) is 3.97. The second-order valence-electron chi connectivity index (χ2n) is 6.25. The molecule has 0 fully saturated rings. The average molecular weight is 417 g/mol. The van der Waals surface area contributed by atoms with E-state index in [1.54, 1.807) is 37.1 Å². The molecule has 1 amide bonds. The number of halogens is 1. The van der Waals surface area contributed by atoms with Crippen molar-refractivity contribution in [1.29, 1.82) is 0 Å². The first kappa shape index (κ1) is 19.8. The Labute approximate surface area is 172 Å². The predicted octanol–water partition coefficient (Wildman–Crippen LogP) is 4.02. The molecule has 0 aliphatic carbocycles. The minimum Gasteiger partial charge on any atom is -0.351 e. The number of nitro groups is 1. The van der Waals surface area contributed by atoms with Crippen molar-refractivity contribution in [3.05, 3.63) is 80.5 Å². The monoisotopic (exact) mass is 416 g/mol. The quantitative estimate of drug-likeness (QED) is 0.444. The summed E-state index contributed by atoms with van der Waals surface area (Å²) >= 11 is 11.3. The van der Waals surface area contributed by atoms with Gasteiger partial charge in [-0.3, -0.25) is 14.9 Å². The van der Waals surface area contributed by atoms with E-state index in [1.165, 1.54) is 18.2 Å². The molecular formula is C19H17ClN4O3S. The van der Waals surface area contributed by atoms with Gasteiger partial charge in [0.2, 0.25) is 0 Å². The van der Waals surface area contributed by atoms with Crippen LogP contribution in [0.3, 0.4) is 0 Å². The topological polar surface area (TPSA) is 87.5 Å². The van der Waals surface area contributed by atoms with E-state index in [0.29, 0.717) is 27.1 Å². The van der Waals surface area contributed by atoms with Crippen molar-refractivity contribution in [2.24, 2.45) is 0 Å². The van der Waals surface area contributed by atoms with E-state index < -0.39 is 11.0 Å². The van der Waals surface area contributed by atoms with Crippen molar-refractivity contribution in [2.75, 3.05) is 12.4 Å². The predicted molar refractivity (Wildman–Crippen MR) is 112 cm³/mol. The van der Waals surface area contributed by atoms with Crippen LogP contribution in [-0.4, -0.2) is 27.9 Å². The number of thiocarbonyl (C=S) groups is 1. The number of hydrogen-bond donors (Lipinski definition) is 2. The van der Waals surface area contributed by atoms with Gasteiger partial charge in [-0.05, 0) is 42.9 Å². The number of allylic oxidation sites excluding steroid dienone is 1. The molecule has 1 aliphatic heterocycles. The number of hydrogen-bond acceptors (Lipinski definition) is 4. The molecule has 2 aromatic rings. The number of carbonyl (C=O) groups excluding carboxylic acids is 1. The summed E-state index contributed by atoms with van der Waals surface area (Å²) in [6, 6.07) is 12.5. The van der Waals surface area contributed by atoms with E-state index >= 15 is 0 Å². The lowest BCUT2D eigenvalue weighted by molar-refractivity contribution is -0.384. The standard InChI is InChI=1S/C19H17ClN4O3S/c1-11-16(18(25)21-14-4-3-5-15(10-14)24(26)27)17(22-19(28)23(11)2)12-6-8-13(20)9-7-12/h3-10,17H,1-2H3,(H,21,25)(H,22,28). The SMILES string of the molecule is CC1=C(C(=O)Nc2cccc([N+](=O)[O-])c2)C(c2ccc(Cl)cc2)NC(=S)N1C. The van der Waals surface area contributed by atoms with Crippen LogP contribution in [0.1, 0.15) is 18.5 Å². The zero-order chi connectivity index (χ0) is 20.4.